The van der Waals surface area contributed by atoms with Gasteiger partial charge >= 0.3 is 0 Å². The van der Waals surface area contributed by atoms with E-state index in [1.807, 2.05) is 31.2 Å². The van der Waals surface area contributed by atoms with E-state index in [0.717, 1.165) is 17.9 Å². The average Bonchev–Trinajstić information content (AvgIpc) is 2.79. The van der Waals surface area contributed by atoms with Crippen LogP contribution in [0.2, 0.25) is 0 Å². The predicted molar refractivity (Wildman–Crippen MR) is 92.7 cm³/mol. The summed E-state index contributed by atoms with van der Waals surface area (Å²) in [6.07, 6.45) is 0. The Hall–Kier alpha value is -2.08. The number of benzene rings is 1. The van der Waals surface area contributed by atoms with Crippen molar-refractivity contribution in [2.75, 3.05) is 39.8 Å². The number of hydrogen-bond acceptors (Lipinski definition) is 4. The van der Waals surface area contributed by atoms with Crippen LogP contribution in [0.1, 0.15) is 19.4 Å². The molecule has 2 rings (SSSR count). The van der Waals surface area contributed by atoms with Crippen LogP contribution < -0.4 is 10.1 Å². The van der Waals surface area contributed by atoms with Gasteiger partial charge < -0.3 is 15.0 Å². The summed E-state index contributed by atoms with van der Waals surface area (Å²) in [5.41, 5.74) is 1.10. The van der Waals surface area contributed by atoms with Crippen molar-refractivity contribution in [2.24, 2.45) is 5.92 Å². The first-order valence-electron chi connectivity index (χ1n) is 8.45. The maximum atomic E-state index is 12.2. The first-order valence-corrected chi connectivity index (χ1v) is 8.45. The molecular formula is C18H27N3O3. The molecule has 0 spiro atoms. The van der Waals surface area contributed by atoms with E-state index >= 15 is 0 Å². The number of carbonyl (C=O) groups excluding carboxylic acids is 2. The Morgan fingerprint density at radius 1 is 1.25 bits per heavy atom. The third kappa shape index (κ3) is 4.71. The molecule has 1 fully saturated rings. The number of para-hydroxylation sites is 1. The minimum absolute atomic E-state index is 0.0143. The van der Waals surface area contributed by atoms with Gasteiger partial charge in [0.1, 0.15) is 5.75 Å². The summed E-state index contributed by atoms with van der Waals surface area (Å²) in [5.74, 6) is 0.650. The van der Waals surface area contributed by atoms with Crippen molar-refractivity contribution in [1.29, 1.82) is 0 Å². The van der Waals surface area contributed by atoms with Crippen LogP contribution in [0.4, 0.5) is 0 Å². The topological polar surface area (TPSA) is 61.9 Å². The molecular weight excluding hydrogens is 306 g/mol. The van der Waals surface area contributed by atoms with E-state index in [2.05, 4.69) is 10.2 Å². The zero-order chi connectivity index (χ0) is 17.5. The van der Waals surface area contributed by atoms with Crippen molar-refractivity contribution in [3.63, 3.8) is 0 Å². The van der Waals surface area contributed by atoms with Gasteiger partial charge in [-0.15, -0.1) is 0 Å². The summed E-state index contributed by atoms with van der Waals surface area (Å²) in [6.45, 7) is 7.33. The van der Waals surface area contributed by atoms with E-state index in [9.17, 15) is 9.59 Å². The van der Waals surface area contributed by atoms with E-state index in [0.29, 0.717) is 32.8 Å². The number of nitrogens with one attached hydrogen (secondary N) is 1. The van der Waals surface area contributed by atoms with Crippen molar-refractivity contribution >= 4 is 11.8 Å². The fourth-order valence-electron chi connectivity index (χ4n) is 3.05. The molecule has 1 aliphatic heterocycles. The van der Waals surface area contributed by atoms with E-state index in [4.69, 9.17) is 4.74 Å². The van der Waals surface area contributed by atoms with E-state index in [1.165, 1.54) is 0 Å². The van der Waals surface area contributed by atoms with Gasteiger partial charge in [-0.25, -0.2) is 0 Å². The molecule has 0 aliphatic carbocycles. The molecule has 0 aromatic heterocycles. The molecule has 132 valence electrons. The van der Waals surface area contributed by atoms with Crippen molar-refractivity contribution in [1.82, 2.24) is 15.1 Å². The van der Waals surface area contributed by atoms with Crippen LogP contribution >= 0.6 is 0 Å². The van der Waals surface area contributed by atoms with Crippen LogP contribution in [0.3, 0.4) is 0 Å². The lowest BCUT2D eigenvalue weighted by atomic mass is 10.1. The van der Waals surface area contributed by atoms with Crippen LogP contribution in [-0.2, 0) is 16.1 Å². The summed E-state index contributed by atoms with van der Waals surface area (Å²) < 4.78 is 5.69. The average molecular weight is 333 g/mol. The predicted octanol–water partition coefficient (Wildman–Crippen LogP) is 1.11. The van der Waals surface area contributed by atoms with E-state index in [1.54, 1.807) is 18.9 Å². The molecule has 0 bridgehead atoms. The molecule has 24 heavy (non-hydrogen) atoms. The SMILES string of the molecule is CCOc1ccccc1CN1CCN(C(C)=O)C[C@H](C(=O)NC)C1. The molecule has 0 unspecified atom stereocenters. The first-order chi connectivity index (χ1) is 11.5. The molecule has 6 nitrogen and oxygen atoms in total. The van der Waals surface area contributed by atoms with Crippen LogP contribution in [0, 0.1) is 5.92 Å². The lowest BCUT2D eigenvalue weighted by molar-refractivity contribution is -0.130. The van der Waals surface area contributed by atoms with Gasteiger partial charge in [-0.1, -0.05) is 18.2 Å². The second-order valence-electron chi connectivity index (χ2n) is 6.05. The summed E-state index contributed by atoms with van der Waals surface area (Å²) in [7, 11) is 1.64. The fourth-order valence-corrected chi connectivity index (χ4v) is 3.05. The minimum atomic E-state index is -0.222. The Morgan fingerprint density at radius 3 is 2.67 bits per heavy atom. The molecule has 1 aromatic carbocycles. The Balaban J connectivity index is 2.14. The molecule has 2 amide bonds. The van der Waals surface area contributed by atoms with Gasteiger partial charge in [-0.2, -0.15) is 0 Å². The van der Waals surface area contributed by atoms with Gasteiger partial charge in [0.05, 0.1) is 12.5 Å². The van der Waals surface area contributed by atoms with Gasteiger partial charge in [-0.3, -0.25) is 14.5 Å². The van der Waals surface area contributed by atoms with Gasteiger partial charge in [0, 0.05) is 52.3 Å². The highest BCUT2D eigenvalue weighted by Gasteiger charge is 2.28. The van der Waals surface area contributed by atoms with Gasteiger partial charge in [0.2, 0.25) is 11.8 Å². The summed E-state index contributed by atoms with van der Waals surface area (Å²) in [6, 6.07) is 7.97. The van der Waals surface area contributed by atoms with E-state index in [-0.39, 0.29) is 17.7 Å². The monoisotopic (exact) mass is 333 g/mol. The highest BCUT2D eigenvalue weighted by Crippen LogP contribution is 2.21. The van der Waals surface area contributed by atoms with Gasteiger partial charge in [-0.05, 0) is 13.0 Å². The third-order valence-corrected chi connectivity index (χ3v) is 4.33. The third-order valence-electron chi connectivity index (χ3n) is 4.33. The minimum Gasteiger partial charge on any atom is -0.494 e. The second-order valence-corrected chi connectivity index (χ2v) is 6.05. The lowest BCUT2D eigenvalue weighted by Gasteiger charge is -2.23. The summed E-state index contributed by atoms with van der Waals surface area (Å²) in [5, 5.41) is 2.71. The van der Waals surface area contributed by atoms with E-state index < -0.39 is 0 Å². The molecule has 1 heterocycles. The molecule has 1 N–H and O–H groups in total. The molecule has 0 saturated carbocycles. The van der Waals surface area contributed by atoms with Gasteiger partial charge in [0.25, 0.3) is 0 Å². The molecule has 1 saturated heterocycles. The Labute approximate surface area is 143 Å². The Kier molecular flexibility index (Phi) is 6.61. The Morgan fingerprint density at radius 2 is 2.00 bits per heavy atom. The normalized spacial score (nSPS) is 18.8. The standard InChI is InChI=1S/C18H27N3O3/c1-4-24-17-8-6-5-7-15(17)11-20-9-10-21(14(2)22)13-16(12-20)18(23)19-3/h5-8,16H,4,9-13H2,1-3H3,(H,19,23)/t16-/m1/s1. The molecule has 1 atom stereocenters. The molecule has 6 heteroatoms. The summed E-state index contributed by atoms with van der Waals surface area (Å²) in [4.78, 5) is 27.9. The van der Waals surface area contributed by atoms with Crippen molar-refractivity contribution in [3.8, 4) is 5.75 Å². The fraction of sp³-hybridized carbons (Fsp3) is 0.556. The van der Waals surface area contributed by atoms with Crippen LogP contribution in [0.5, 0.6) is 5.75 Å². The zero-order valence-electron chi connectivity index (χ0n) is 14.7. The smallest absolute Gasteiger partial charge is 0.225 e. The first kappa shape index (κ1) is 18.3. The van der Waals surface area contributed by atoms with Crippen molar-refractivity contribution in [3.05, 3.63) is 29.8 Å². The number of carbonyl (C=O) groups is 2. The zero-order valence-corrected chi connectivity index (χ0v) is 14.7. The number of nitrogens with zero attached hydrogens (tertiary/aromatic N) is 2. The van der Waals surface area contributed by atoms with Crippen LogP contribution in [-0.4, -0.2) is 61.4 Å². The maximum absolute atomic E-state index is 12.2. The van der Waals surface area contributed by atoms with Gasteiger partial charge in [0.15, 0.2) is 0 Å². The largest absolute Gasteiger partial charge is 0.494 e. The summed E-state index contributed by atoms with van der Waals surface area (Å²) >= 11 is 0. The second kappa shape index (κ2) is 8.68. The highest BCUT2D eigenvalue weighted by atomic mass is 16.5. The van der Waals surface area contributed by atoms with Crippen LogP contribution in [0.25, 0.3) is 0 Å². The molecule has 0 radical (unpaired) electrons. The number of ether oxygens (including phenoxy) is 1. The highest BCUT2D eigenvalue weighted by molar-refractivity contribution is 5.80. The number of hydrogen-bond donors (Lipinski definition) is 1. The van der Waals surface area contributed by atoms with Crippen LogP contribution in [0.15, 0.2) is 24.3 Å². The Bertz CT molecular complexity index is 576. The quantitative estimate of drug-likeness (QED) is 0.877. The number of rotatable bonds is 5. The number of amides is 2. The molecule has 1 aromatic rings. The molecule has 1 aliphatic rings. The lowest BCUT2D eigenvalue weighted by Crippen LogP contribution is -2.40. The van der Waals surface area contributed by atoms with Crippen molar-refractivity contribution < 1.29 is 14.3 Å². The van der Waals surface area contributed by atoms with Crippen molar-refractivity contribution in [2.45, 2.75) is 20.4 Å². The maximum Gasteiger partial charge on any atom is 0.225 e.